The van der Waals surface area contributed by atoms with E-state index in [9.17, 15) is 18.6 Å². The summed E-state index contributed by atoms with van der Waals surface area (Å²) in [6.45, 7) is 1.72. The molecule has 0 spiro atoms. The summed E-state index contributed by atoms with van der Waals surface area (Å²) >= 11 is 0. The van der Waals surface area contributed by atoms with Crippen molar-refractivity contribution < 1.29 is 18.6 Å². The van der Waals surface area contributed by atoms with Crippen molar-refractivity contribution in [3.05, 3.63) is 60.2 Å². The minimum atomic E-state index is -3.37. The number of hydrogen-bond acceptors (Lipinski definition) is 5. The molecule has 6 heteroatoms. The lowest BCUT2D eigenvalue weighted by molar-refractivity contribution is 0.177. The monoisotopic (exact) mass is 335 g/mol. The molecule has 0 aromatic heterocycles. The number of nitrogens with one attached hydrogen (secondary N) is 1. The largest absolute Gasteiger partial charge is 0.508 e. The molecule has 2 aromatic rings. The molecule has 5 nitrogen and oxygen atoms in total. The molecule has 0 aliphatic heterocycles. The molecule has 124 valence electrons. The maximum Gasteiger partial charge on any atom is 0.179 e. The number of aliphatic hydroxyl groups is 1. The molecule has 0 aliphatic rings. The Morgan fingerprint density at radius 2 is 1.78 bits per heavy atom. The first kappa shape index (κ1) is 17.5. The van der Waals surface area contributed by atoms with Crippen molar-refractivity contribution in [2.24, 2.45) is 0 Å². The van der Waals surface area contributed by atoms with Crippen LogP contribution in [-0.4, -0.2) is 37.5 Å². The van der Waals surface area contributed by atoms with E-state index in [0.717, 1.165) is 0 Å². The van der Waals surface area contributed by atoms with E-state index in [1.54, 1.807) is 61.5 Å². The summed E-state index contributed by atoms with van der Waals surface area (Å²) in [5.41, 5.74) is -0.137. The summed E-state index contributed by atoms with van der Waals surface area (Å²) < 4.78 is 24.5. The van der Waals surface area contributed by atoms with Gasteiger partial charge >= 0.3 is 0 Å². The molecular weight excluding hydrogens is 314 g/mol. The van der Waals surface area contributed by atoms with E-state index in [1.807, 2.05) is 0 Å². The van der Waals surface area contributed by atoms with Crippen molar-refractivity contribution in [3.63, 3.8) is 0 Å². The lowest BCUT2D eigenvalue weighted by Crippen LogP contribution is -2.44. The van der Waals surface area contributed by atoms with E-state index in [-0.39, 0.29) is 29.5 Å². The number of rotatable bonds is 7. The third-order valence-corrected chi connectivity index (χ3v) is 5.52. The van der Waals surface area contributed by atoms with Gasteiger partial charge in [-0.1, -0.05) is 30.3 Å². The van der Waals surface area contributed by atoms with Gasteiger partial charge in [-0.3, -0.25) is 0 Å². The molecule has 2 rings (SSSR count). The first-order chi connectivity index (χ1) is 10.9. The predicted molar refractivity (Wildman–Crippen MR) is 89.0 cm³/mol. The molecule has 0 radical (unpaired) electrons. The Balaban J connectivity index is 2.07. The van der Waals surface area contributed by atoms with Crippen molar-refractivity contribution in [2.45, 2.75) is 17.4 Å². The van der Waals surface area contributed by atoms with Crippen LogP contribution in [0.25, 0.3) is 0 Å². The second-order valence-electron chi connectivity index (χ2n) is 5.60. The van der Waals surface area contributed by atoms with E-state index >= 15 is 0 Å². The molecule has 0 aliphatic carbocycles. The number of phenolic OH excluding ortho intramolecular Hbond substituents is 1. The van der Waals surface area contributed by atoms with Gasteiger partial charge in [-0.05, 0) is 36.8 Å². The standard InChI is InChI=1S/C17H21NO4S/c1-17(13-19,14-6-5-7-15(20)12-14)18-10-11-23(21,22)16-8-3-2-4-9-16/h2-9,12,18-20H,10-11,13H2,1H3. The van der Waals surface area contributed by atoms with Gasteiger partial charge in [0.1, 0.15) is 5.75 Å². The number of aromatic hydroxyl groups is 1. The third kappa shape index (κ3) is 4.31. The minimum Gasteiger partial charge on any atom is -0.508 e. The van der Waals surface area contributed by atoms with Crippen LogP contribution in [0.5, 0.6) is 5.75 Å². The minimum absolute atomic E-state index is 0.0780. The van der Waals surface area contributed by atoms with Crippen LogP contribution in [0.15, 0.2) is 59.5 Å². The predicted octanol–water partition coefficient (Wildman–Crippen LogP) is 1.66. The Morgan fingerprint density at radius 3 is 2.39 bits per heavy atom. The summed E-state index contributed by atoms with van der Waals surface area (Å²) in [6, 6.07) is 14.8. The first-order valence-corrected chi connectivity index (χ1v) is 8.96. The van der Waals surface area contributed by atoms with Crippen molar-refractivity contribution >= 4 is 9.84 Å². The van der Waals surface area contributed by atoms with Gasteiger partial charge < -0.3 is 15.5 Å². The van der Waals surface area contributed by atoms with Crippen LogP contribution >= 0.6 is 0 Å². The Labute approximate surface area is 136 Å². The summed E-state index contributed by atoms with van der Waals surface area (Å²) in [5, 5.41) is 22.3. The van der Waals surface area contributed by atoms with Crippen molar-refractivity contribution in [1.82, 2.24) is 5.32 Å². The lowest BCUT2D eigenvalue weighted by Gasteiger charge is -2.29. The summed E-state index contributed by atoms with van der Waals surface area (Å²) in [6.07, 6.45) is 0. The molecule has 0 fully saturated rings. The highest BCUT2D eigenvalue weighted by molar-refractivity contribution is 7.91. The van der Waals surface area contributed by atoms with Gasteiger partial charge in [0.25, 0.3) is 0 Å². The highest BCUT2D eigenvalue weighted by Gasteiger charge is 2.26. The molecule has 0 saturated carbocycles. The molecule has 23 heavy (non-hydrogen) atoms. The van der Waals surface area contributed by atoms with Crippen LogP contribution < -0.4 is 5.32 Å². The van der Waals surface area contributed by atoms with Gasteiger partial charge in [0.15, 0.2) is 9.84 Å². The van der Waals surface area contributed by atoms with E-state index in [4.69, 9.17) is 0 Å². The molecular formula is C17H21NO4S. The van der Waals surface area contributed by atoms with E-state index < -0.39 is 15.4 Å². The Bertz CT molecular complexity index is 746. The van der Waals surface area contributed by atoms with E-state index in [0.29, 0.717) is 5.56 Å². The molecule has 0 amide bonds. The van der Waals surface area contributed by atoms with Gasteiger partial charge in [0.2, 0.25) is 0 Å². The summed E-state index contributed by atoms with van der Waals surface area (Å²) in [7, 11) is -3.37. The molecule has 2 aromatic carbocycles. The fourth-order valence-corrected chi connectivity index (χ4v) is 3.48. The SMILES string of the molecule is CC(CO)(NCCS(=O)(=O)c1ccccc1)c1cccc(O)c1. The van der Waals surface area contributed by atoms with Crippen molar-refractivity contribution in [3.8, 4) is 5.75 Å². The van der Waals surface area contributed by atoms with Gasteiger partial charge in [-0.2, -0.15) is 0 Å². The second kappa shape index (κ2) is 7.12. The average Bonchev–Trinajstić information content (AvgIpc) is 2.55. The summed E-state index contributed by atoms with van der Waals surface area (Å²) in [4.78, 5) is 0.282. The van der Waals surface area contributed by atoms with Gasteiger partial charge in [-0.25, -0.2) is 8.42 Å². The fourth-order valence-electron chi connectivity index (χ4n) is 2.31. The number of benzene rings is 2. The number of aliphatic hydroxyl groups excluding tert-OH is 1. The molecule has 0 saturated heterocycles. The van der Waals surface area contributed by atoms with Crippen LogP contribution in [0.3, 0.4) is 0 Å². The van der Waals surface area contributed by atoms with E-state index in [1.165, 1.54) is 0 Å². The highest BCUT2D eigenvalue weighted by atomic mass is 32.2. The number of sulfone groups is 1. The normalized spacial score (nSPS) is 14.3. The Kier molecular flexibility index (Phi) is 5.41. The fraction of sp³-hybridized carbons (Fsp3) is 0.294. The number of phenols is 1. The van der Waals surface area contributed by atoms with Crippen molar-refractivity contribution in [2.75, 3.05) is 18.9 Å². The van der Waals surface area contributed by atoms with Gasteiger partial charge in [-0.15, -0.1) is 0 Å². The van der Waals surface area contributed by atoms with Crippen molar-refractivity contribution in [1.29, 1.82) is 0 Å². The zero-order chi connectivity index (χ0) is 16.9. The molecule has 0 bridgehead atoms. The maximum absolute atomic E-state index is 12.3. The maximum atomic E-state index is 12.3. The lowest BCUT2D eigenvalue weighted by atomic mass is 9.93. The van der Waals surface area contributed by atoms with E-state index in [2.05, 4.69) is 5.32 Å². The van der Waals surface area contributed by atoms with Gasteiger partial charge in [0.05, 0.1) is 22.8 Å². The zero-order valence-corrected chi connectivity index (χ0v) is 13.8. The average molecular weight is 335 g/mol. The molecule has 3 N–H and O–H groups in total. The van der Waals surface area contributed by atoms with Crippen LogP contribution in [0.1, 0.15) is 12.5 Å². The Hall–Kier alpha value is -1.89. The Morgan fingerprint density at radius 1 is 1.09 bits per heavy atom. The smallest absolute Gasteiger partial charge is 0.179 e. The van der Waals surface area contributed by atoms with Crippen LogP contribution in [-0.2, 0) is 15.4 Å². The molecule has 1 unspecified atom stereocenters. The summed E-state index contributed by atoms with van der Waals surface area (Å²) in [5.74, 6) is 0.0201. The number of hydrogen-bond donors (Lipinski definition) is 3. The second-order valence-corrected chi connectivity index (χ2v) is 7.71. The van der Waals surface area contributed by atoms with Crippen LogP contribution in [0.4, 0.5) is 0 Å². The first-order valence-electron chi connectivity index (χ1n) is 7.31. The third-order valence-electron chi connectivity index (χ3n) is 3.79. The molecule has 1 atom stereocenters. The zero-order valence-electron chi connectivity index (χ0n) is 12.9. The quantitative estimate of drug-likeness (QED) is 0.716. The highest BCUT2D eigenvalue weighted by Crippen LogP contribution is 2.23. The van der Waals surface area contributed by atoms with Gasteiger partial charge in [0, 0.05) is 6.54 Å². The molecule has 0 heterocycles. The topological polar surface area (TPSA) is 86.6 Å². The van der Waals surface area contributed by atoms with Crippen LogP contribution in [0, 0.1) is 0 Å². The van der Waals surface area contributed by atoms with Crippen LogP contribution in [0.2, 0.25) is 0 Å².